The minimum Gasteiger partial charge on any atom is -0.352 e. The van der Waals surface area contributed by atoms with Gasteiger partial charge in [0.1, 0.15) is 0 Å². The van der Waals surface area contributed by atoms with Crippen LogP contribution < -0.4 is 5.32 Å². The lowest BCUT2D eigenvalue weighted by atomic mass is 9.83. The number of aromatic nitrogens is 2. The first-order valence-corrected chi connectivity index (χ1v) is 10.2. The highest BCUT2D eigenvalue weighted by molar-refractivity contribution is 5.80. The Balaban J connectivity index is 1.40. The van der Waals surface area contributed by atoms with Gasteiger partial charge in [-0.25, -0.2) is 9.97 Å². The highest BCUT2D eigenvalue weighted by Crippen LogP contribution is 2.34. The van der Waals surface area contributed by atoms with Crippen molar-refractivity contribution in [2.24, 2.45) is 11.8 Å². The topological polar surface area (TPSA) is 61.4 Å². The number of anilines is 1. The lowest BCUT2D eigenvalue weighted by Gasteiger charge is -2.40. The molecule has 2 bridgehead atoms. The van der Waals surface area contributed by atoms with Crippen LogP contribution in [0.3, 0.4) is 0 Å². The van der Waals surface area contributed by atoms with E-state index in [1.165, 1.54) is 19.3 Å². The molecule has 0 unspecified atom stereocenters. The molecule has 26 heavy (non-hydrogen) atoms. The van der Waals surface area contributed by atoms with Gasteiger partial charge in [0.2, 0.25) is 11.9 Å². The second-order valence-electron chi connectivity index (χ2n) is 8.62. The van der Waals surface area contributed by atoms with Crippen LogP contribution >= 0.6 is 0 Å². The molecule has 2 atom stereocenters. The van der Waals surface area contributed by atoms with Crippen LogP contribution in [0, 0.1) is 11.8 Å². The number of amides is 1. The molecule has 3 saturated heterocycles. The van der Waals surface area contributed by atoms with Gasteiger partial charge in [-0.15, -0.1) is 0 Å². The molecular formula is C20H31N5O. The predicted octanol–water partition coefficient (Wildman–Crippen LogP) is 2.52. The Labute approximate surface area is 156 Å². The minimum absolute atomic E-state index is 0.177. The van der Waals surface area contributed by atoms with Crippen molar-refractivity contribution in [2.75, 3.05) is 25.0 Å². The molecule has 5 rings (SSSR count). The summed E-state index contributed by atoms with van der Waals surface area (Å²) in [7, 11) is 0. The summed E-state index contributed by atoms with van der Waals surface area (Å²) in [5.74, 6) is 2.02. The summed E-state index contributed by atoms with van der Waals surface area (Å²) in [6.45, 7) is 7.85. The number of carbonyl (C=O) groups is 1. The second kappa shape index (κ2) is 7.51. The van der Waals surface area contributed by atoms with Crippen LogP contribution in [-0.4, -0.2) is 57.4 Å². The zero-order valence-electron chi connectivity index (χ0n) is 16.0. The maximum atomic E-state index is 12.9. The third-order valence-corrected chi connectivity index (χ3v) is 6.08. The zero-order valence-corrected chi connectivity index (χ0v) is 16.0. The third-order valence-electron chi connectivity index (χ3n) is 6.08. The van der Waals surface area contributed by atoms with Crippen molar-refractivity contribution in [1.82, 2.24) is 19.8 Å². The Morgan fingerprint density at radius 1 is 1.15 bits per heavy atom. The molecule has 6 heteroatoms. The minimum atomic E-state index is 0.177. The van der Waals surface area contributed by atoms with E-state index in [-0.39, 0.29) is 5.92 Å². The van der Waals surface area contributed by atoms with E-state index in [2.05, 4.69) is 38.9 Å². The molecule has 0 radical (unpaired) electrons. The van der Waals surface area contributed by atoms with Crippen LogP contribution in [0.5, 0.6) is 0 Å². The molecule has 1 aromatic heterocycles. The molecular weight excluding hydrogens is 326 g/mol. The number of hydrogen-bond acceptors (Lipinski definition) is 5. The Morgan fingerprint density at radius 2 is 1.92 bits per heavy atom. The first-order chi connectivity index (χ1) is 12.6. The van der Waals surface area contributed by atoms with E-state index in [4.69, 9.17) is 0 Å². The average Bonchev–Trinajstić information content (AvgIpc) is 2.83. The van der Waals surface area contributed by atoms with E-state index in [9.17, 15) is 4.79 Å². The van der Waals surface area contributed by atoms with E-state index in [1.807, 2.05) is 12.4 Å². The van der Waals surface area contributed by atoms with Gasteiger partial charge in [-0.3, -0.25) is 9.69 Å². The van der Waals surface area contributed by atoms with Crippen LogP contribution in [-0.2, 0) is 11.3 Å². The van der Waals surface area contributed by atoms with Crippen molar-refractivity contribution in [2.45, 2.75) is 64.6 Å². The van der Waals surface area contributed by atoms with Crippen molar-refractivity contribution >= 4 is 11.9 Å². The molecule has 1 saturated carbocycles. The molecule has 0 aromatic carbocycles. The van der Waals surface area contributed by atoms with E-state index < -0.39 is 0 Å². The van der Waals surface area contributed by atoms with Gasteiger partial charge in [-0.1, -0.05) is 6.42 Å². The number of hydrogen-bond donors (Lipinski definition) is 1. The van der Waals surface area contributed by atoms with Gasteiger partial charge < -0.3 is 10.2 Å². The van der Waals surface area contributed by atoms with Crippen LogP contribution in [0.1, 0.15) is 51.5 Å². The summed E-state index contributed by atoms with van der Waals surface area (Å²) in [4.78, 5) is 26.4. The van der Waals surface area contributed by atoms with E-state index in [0.29, 0.717) is 23.9 Å². The lowest BCUT2D eigenvalue weighted by Crippen LogP contribution is -2.50. The van der Waals surface area contributed by atoms with Crippen LogP contribution in [0.4, 0.5) is 5.95 Å². The molecule has 4 aliphatic rings. The number of nitrogens with zero attached hydrogens (tertiary/aromatic N) is 4. The maximum absolute atomic E-state index is 12.9. The fourth-order valence-electron chi connectivity index (χ4n) is 4.48. The largest absolute Gasteiger partial charge is 0.352 e. The normalized spacial score (nSPS) is 26.9. The molecule has 1 amide bonds. The van der Waals surface area contributed by atoms with Crippen molar-refractivity contribution in [3.8, 4) is 0 Å². The number of nitrogens with one attached hydrogen (secondary N) is 1. The predicted molar refractivity (Wildman–Crippen MR) is 102 cm³/mol. The highest BCUT2D eigenvalue weighted by atomic mass is 16.2. The Hall–Kier alpha value is -1.69. The molecule has 4 heterocycles. The molecule has 1 aromatic rings. The van der Waals surface area contributed by atoms with Gasteiger partial charge in [0.25, 0.3) is 0 Å². The smallest absolute Gasteiger partial charge is 0.227 e. The standard InChI is InChI=1S/C20H31N5O/c1-14(2)23-20-21-8-16(9-22-20)10-24-12-17-6-7-18(13-24)25(19(17)26)11-15-4-3-5-15/h8-9,14-15,17-18H,3-7,10-13H2,1-2H3,(H,21,22,23)/t17-,18+/m0/s1. The first kappa shape index (κ1) is 17.7. The molecule has 1 N–H and O–H groups in total. The number of fused-ring (bicyclic) bond motifs is 4. The number of rotatable bonds is 6. The van der Waals surface area contributed by atoms with Gasteiger partial charge in [-0.05, 0) is 45.4 Å². The first-order valence-electron chi connectivity index (χ1n) is 10.2. The van der Waals surface area contributed by atoms with Gasteiger partial charge >= 0.3 is 0 Å². The monoisotopic (exact) mass is 357 g/mol. The van der Waals surface area contributed by atoms with Crippen LogP contribution in [0.25, 0.3) is 0 Å². The van der Waals surface area contributed by atoms with Crippen LogP contribution in [0.15, 0.2) is 12.4 Å². The van der Waals surface area contributed by atoms with Crippen molar-refractivity contribution in [3.05, 3.63) is 18.0 Å². The van der Waals surface area contributed by atoms with E-state index in [1.54, 1.807) is 0 Å². The summed E-state index contributed by atoms with van der Waals surface area (Å²) in [6, 6.07) is 0.722. The number of piperidine rings is 1. The Bertz CT molecular complexity index is 628. The molecule has 1 aliphatic carbocycles. The highest BCUT2D eigenvalue weighted by Gasteiger charge is 2.41. The van der Waals surface area contributed by atoms with Crippen molar-refractivity contribution in [1.29, 1.82) is 0 Å². The zero-order chi connectivity index (χ0) is 18.1. The van der Waals surface area contributed by atoms with Crippen LogP contribution in [0.2, 0.25) is 0 Å². The van der Waals surface area contributed by atoms with Gasteiger partial charge in [0.05, 0.1) is 5.92 Å². The Morgan fingerprint density at radius 3 is 2.58 bits per heavy atom. The molecule has 0 spiro atoms. The van der Waals surface area contributed by atoms with E-state index >= 15 is 0 Å². The summed E-state index contributed by atoms with van der Waals surface area (Å²) < 4.78 is 0. The fraction of sp³-hybridized carbons (Fsp3) is 0.750. The van der Waals surface area contributed by atoms with Gasteiger partial charge in [0.15, 0.2) is 0 Å². The van der Waals surface area contributed by atoms with Gasteiger partial charge in [-0.2, -0.15) is 0 Å². The summed E-state index contributed by atoms with van der Waals surface area (Å²) in [6.07, 6.45) is 9.99. The average molecular weight is 358 g/mol. The molecule has 6 nitrogen and oxygen atoms in total. The van der Waals surface area contributed by atoms with E-state index in [0.717, 1.165) is 50.5 Å². The molecule has 142 valence electrons. The summed E-state index contributed by atoms with van der Waals surface area (Å²) in [5, 5.41) is 3.22. The second-order valence-corrected chi connectivity index (χ2v) is 8.62. The summed E-state index contributed by atoms with van der Waals surface area (Å²) in [5.41, 5.74) is 1.12. The summed E-state index contributed by atoms with van der Waals surface area (Å²) >= 11 is 0. The molecule has 3 aliphatic heterocycles. The number of carbonyl (C=O) groups excluding carboxylic acids is 1. The quantitative estimate of drug-likeness (QED) is 0.848. The molecule has 4 fully saturated rings. The lowest BCUT2D eigenvalue weighted by molar-refractivity contribution is -0.141. The van der Waals surface area contributed by atoms with Crippen molar-refractivity contribution in [3.63, 3.8) is 0 Å². The van der Waals surface area contributed by atoms with Gasteiger partial charge in [0, 0.05) is 56.2 Å². The maximum Gasteiger partial charge on any atom is 0.227 e. The fourth-order valence-corrected chi connectivity index (χ4v) is 4.48. The SMILES string of the molecule is CC(C)Nc1ncc(CN2C[C@@H]3CC[C@H](C2)N(CC2CCC2)C3=O)cn1. The van der Waals surface area contributed by atoms with Crippen molar-refractivity contribution < 1.29 is 4.79 Å². The Kier molecular flexibility index (Phi) is 5.11. The third kappa shape index (κ3) is 3.85.